The molecule has 168 valence electrons. The third kappa shape index (κ3) is 4.94. The average Bonchev–Trinajstić information content (AvgIpc) is 2.85. The van der Waals surface area contributed by atoms with Gasteiger partial charge in [0.15, 0.2) is 11.6 Å². The SMILES string of the molecule is Nc1ccc(C(=O)c2ccccc2OC(=O)Oc2ccccc2C(=O)c2ccc(N)cc2)cc1. The molecule has 0 radical (unpaired) electrons. The largest absolute Gasteiger partial charge is 0.519 e. The van der Waals surface area contributed by atoms with Crippen molar-refractivity contribution in [1.29, 1.82) is 0 Å². The Balaban J connectivity index is 1.55. The maximum atomic E-state index is 12.9. The molecule has 0 aliphatic rings. The molecule has 4 rings (SSSR count). The van der Waals surface area contributed by atoms with E-state index in [1.807, 2.05) is 0 Å². The second-order valence-electron chi connectivity index (χ2n) is 7.35. The highest BCUT2D eigenvalue weighted by Gasteiger charge is 2.20. The van der Waals surface area contributed by atoms with E-state index < -0.39 is 6.16 Å². The van der Waals surface area contributed by atoms with Crippen LogP contribution in [0.15, 0.2) is 97.1 Å². The summed E-state index contributed by atoms with van der Waals surface area (Å²) >= 11 is 0. The minimum Gasteiger partial charge on any atom is -0.399 e. The summed E-state index contributed by atoms with van der Waals surface area (Å²) in [5.41, 5.74) is 13.5. The number of nitrogens with two attached hydrogens (primary N) is 2. The Morgan fingerprint density at radius 1 is 0.500 bits per heavy atom. The van der Waals surface area contributed by atoms with Gasteiger partial charge in [-0.2, -0.15) is 0 Å². The first-order chi connectivity index (χ1) is 16.4. The summed E-state index contributed by atoms with van der Waals surface area (Å²) in [6.45, 7) is 0. The third-order valence-corrected chi connectivity index (χ3v) is 5.00. The van der Waals surface area contributed by atoms with Crippen LogP contribution < -0.4 is 20.9 Å². The van der Waals surface area contributed by atoms with Gasteiger partial charge in [-0.25, -0.2) is 4.79 Å². The van der Waals surface area contributed by atoms with Gasteiger partial charge in [-0.05, 0) is 72.8 Å². The molecule has 0 spiro atoms. The molecule has 0 fully saturated rings. The molecule has 4 aromatic rings. The fourth-order valence-electron chi connectivity index (χ4n) is 3.27. The number of ether oxygens (including phenoxy) is 2. The van der Waals surface area contributed by atoms with E-state index in [0.717, 1.165) is 0 Å². The summed E-state index contributed by atoms with van der Waals surface area (Å²) in [6, 6.07) is 25.4. The molecule has 4 N–H and O–H groups in total. The number of hydrogen-bond donors (Lipinski definition) is 2. The van der Waals surface area contributed by atoms with Gasteiger partial charge in [-0.15, -0.1) is 0 Å². The van der Waals surface area contributed by atoms with E-state index in [9.17, 15) is 14.4 Å². The van der Waals surface area contributed by atoms with Gasteiger partial charge in [-0.1, -0.05) is 24.3 Å². The quantitative estimate of drug-likeness (QED) is 0.185. The highest BCUT2D eigenvalue weighted by molar-refractivity contribution is 6.12. The molecule has 0 amide bonds. The number of hydrogen-bond acceptors (Lipinski definition) is 7. The Kier molecular flexibility index (Phi) is 6.36. The number of ketones is 2. The Bertz CT molecular complexity index is 1260. The van der Waals surface area contributed by atoms with E-state index in [1.54, 1.807) is 84.9 Å². The zero-order chi connectivity index (χ0) is 24.1. The van der Waals surface area contributed by atoms with Crippen LogP contribution in [-0.4, -0.2) is 17.7 Å². The summed E-state index contributed by atoms with van der Waals surface area (Å²) in [7, 11) is 0. The molecule has 0 saturated carbocycles. The molecule has 0 aliphatic heterocycles. The maximum absolute atomic E-state index is 12.9. The number of rotatable bonds is 6. The zero-order valence-electron chi connectivity index (χ0n) is 17.9. The molecule has 0 aliphatic carbocycles. The first kappa shape index (κ1) is 22.3. The average molecular weight is 452 g/mol. The minimum atomic E-state index is -1.09. The lowest BCUT2D eigenvalue weighted by atomic mass is 10.0. The molecule has 0 aromatic heterocycles. The van der Waals surface area contributed by atoms with Gasteiger partial charge in [0.25, 0.3) is 0 Å². The first-order valence-corrected chi connectivity index (χ1v) is 10.3. The summed E-state index contributed by atoms with van der Waals surface area (Å²) in [5.74, 6) is -0.641. The van der Waals surface area contributed by atoms with Crippen molar-refractivity contribution in [3.05, 3.63) is 119 Å². The van der Waals surface area contributed by atoms with E-state index in [-0.39, 0.29) is 34.2 Å². The smallest absolute Gasteiger partial charge is 0.399 e. The van der Waals surface area contributed by atoms with Crippen LogP contribution in [0.5, 0.6) is 11.5 Å². The van der Waals surface area contributed by atoms with Crippen LogP contribution >= 0.6 is 0 Å². The van der Waals surface area contributed by atoms with Crippen molar-refractivity contribution in [1.82, 2.24) is 0 Å². The Hall–Kier alpha value is -4.91. The van der Waals surface area contributed by atoms with Gasteiger partial charge < -0.3 is 20.9 Å². The zero-order valence-corrected chi connectivity index (χ0v) is 17.9. The van der Waals surface area contributed by atoms with Crippen LogP contribution in [-0.2, 0) is 0 Å². The first-order valence-electron chi connectivity index (χ1n) is 10.3. The molecule has 34 heavy (non-hydrogen) atoms. The van der Waals surface area contributed by atoms with Crippen molar-refractivity contribution < 1.29 is 23.9 Å². The molecule has 7 nitrogen and oxygen atoms in total. The number of carbonyl (C=O) groups is 3. The van der Waals surface area contributed by atoms with Crippen LogP contribution in [0.25, 0.3) is 0 Å². The lowest BCUT2D eigenvalue weighted by molar-refractivity contribution is 0.103. The predicted molar refractivity (Wildman–Crippen MR) is 128 cm³/mol. The number of nitrogen functional groups attached to an aromatic ring is 2. The molecule has 0 saturated heterocycles. The fraction of sp³-hybridized carbons (Fsp3) is 0. The molecule has 0 unspecified atom stereocenters. The van der Waals surface area contributed by atoms with Gasteiger partial charge in [0.2, 0.25) is 0 Å². The van der Waals surface area contributed by atoms with Crippen molar-refractivity contribution in [2.75, 3.05) is 11.5 Å². The van der Waals surface area contributed by atoms with Gasteiger partial charge in [-0.3, -0.25) is 9.59 Å². The van der Waals surface area contributed by atoms with Crippen molar-refractivity contribution >= 4 is 29.1 Å². The van der Waals surface area contributed by atoms with E-state index in [4.69, 9.17) is 20.9 Å². The highest BCUT2D eigenvalue weighted by Crippen LogP contribution is 2.25. The Morgan fingerprint density at radius 3 is 1.24 bits per heavy atom. The van der Waals surface area contributed by atoms with Crippen molar-refractivity contribution in [2.45, 2.75) is 0 Å². The molecule has 0 atom stereocenters. The van der Waals surface area contributed by atoms with E-state index in [2.05, 4.69) is 0 Å². The van der Waals surface area contributed by atoms with Crippen LogP contribution in [0, 0.1) is 0 Å². The van der Waals surface area contributed by atoms with Gasteiger partial charge >= 0.3 is 6.16 Å². The summed E-state index contributed by atoms with van der Waals surface area (Å²) in [4.78, 5) is 38.4. The molecular formula is C27H20N2O5. The van der Waals surface area contributed by atoms with E-state index in [0.29, 0.717) is 22.5 Å². The molecule has 4 aromatic carbocycles. The number of anilines is 2. The number of carbonyl (C=O) groups excluding carboxylic acids is 3. The van der Waals surface area contributed by atoms with Gasteiger partial charge in [0, 0.05) is 22.5 Å². The van der Waals surface area contributed by atoms with E-state index in [1.165, 1.54) is 12.1 Å². The molecule has 0 heterocycles. The van der Waals surface area contributed by atoms with Crippen LogP contribution in [0.2, 0.25) is 0 Å². The topological polar surface area (TPSA) is 122 Å². The standard InChI is InChI=1S/C27H20N2O5/c28-19-13-9-17(10-14-19)25(30)21-5-1-3-7-23(21)33-27(32)34-24-8-4-2-6-22(24)26(31)18-11-15-20(29)16-12-18/h1-16H,28-29H2. The van der Waals surface area contributed by atoms with Crippen molar-refractivity contribution in [3.63, 3.8) is 0 Å². The fourth-order valence-corrected chi connectivity index (χ4v) is 3.27. The van der Waals surface area contributed by atoms with Crippen LogP contribution in [0.4, 0.5) is 16.2 Å². The monoisotopic (exact) mass is 452 g/mol. The lowest BCUT2D eigenvalue weighted by Crippen LogP contribution is -2.17. The normalized spacial score (nSPS) is 10.4. The van der Waals surface area contributed by atoms with Gasteiger partial charge in [0.1, 0.15) is 11.5 Å². The maximum Gasteiger partial charge on any atom is 0.519 e. The van der Waals surface area contributed by atoms with Crippen molar-refractivity contribution in [2.24, 2.45) is 0 Å². The second kappa shape index (κ2) is 9.70. The van der Waals surface area contributed by atoms with Crippen LogP contribution in [0.1, 0.15) is 31.8 Å². The Morgan fingerprint density at radius 2 is 0.853 bits per heavy atom. The van der Waals surface area contributed by atoms with E-state index >= 15 is 0 Å². The Labute approximate surface area is 195 Å². The van der Waals surface area contributed by atoms with Crippen molar-refractivity contribution in [3.8, 4) is 11.5 Å². The predicted octanol–water partition coefficient (Wildman–Crippen LogP) is 4.89. The summed E-state index contributed by atoms with van der Waals surface area (Å²) in [6.07, 6.45) is -1.09. The number of para-hydroxylation sites is 2. The lowest BCUT2D eigenvalue weighted by Gasteiger charge is -2.12. The minimum absolute atomic E-state index is 0.0247. The summed E-state index contributed by atoms with van der Waals surface area (Å²) < 4.78 is 10.7. The number of benzene rings is 4. The van der Waals surface area contributed by atoms with Crippen LogP contribution in [0.3, 0.4) is 0 Å². The van der Waals surface area contributed by atoms with Gasteiger partial charge in [0.05, 0.1) is 11.1 Å². The highest BCUT2D eigenvalue weighted by atomic mass is 16.7. The molecule has 0 bridgehead atoms. The molecule has 7 heteroatoms. The molecular weight excluding hydrogens is 432 g/mol. The summed E-state index contributed by atoms with van der Waals surface area (Å²) in [5, 5.41) is 0. The third-order valence-electron chi connectivity index (χ3n) is 5.00. The second-order valence-corrected chi connectivity index (χ2v) is 7.35.